The summed E-state index contributed by atoms with van der Waals surface area (Å²) >= 11 is 0. The number of hydrogen-bond acceptors (Lipinski definition) is 6. The standard InChI is InChI=1S/C53H91NO7/c1-6-8-10-12-14-16-18-20-22-23-24-25-26-27-28-30-32-34-36-38-40-42-44-52(56)61-49(47-59-46-45-50(53(57)58)54(3,4)5)48-60-51(55)43-41-39-37-35-33-31-29-21-19-17-15-13-11-9-7-2/h8,10,14,16,20,22,24-25,27-28,32,34,49-50H,6-7,9,11-13,15,17-19,21,23,26,29-31,33,35-48H2,1-5H3/p+1/b10-8+,16-14+,22-20+,25-24+,28-27+,34-32+. The van der Waals surface area contributed by atoms with E-state index in [0.717, 1.165) is 83.5 Å². The van der Waals surface area contributed by atoms with Crippen LogP contribution in [-0.4, -0.2) is 80.6 Å². The molecule has 0 aromatic rings. The molecule has 0 rings (SSSR count). The molecule has 1 N–H and O–H groups in total. The van der Waals surface area contributed by atoms with E-state index >= 15 is 0 Å². The Hall–Kier alpha value is -3.23. The summed E-state index contributed by atoms with van der Waals surface area (Å²) in [6.45, 7) is 4.59. The number of nitrogens with zero attached hydrogens (tertiary/aromatic N) is 1. The fourth-order valence-corrected chi connectivity index (χ4v) is 6.86. The Kier molecular flexibility index (Phi) is 41.1. The molecule has 0 bridgehead atoms. The van der Waals surface area contributed by atoms with E-state index in [-0.39, 0.29) is 42.7 Å². The van der Waals surface area contributed by atoms with Crippen molar-refractivity contribution in [1.82, 2.24) is 0 Å². The van der Waals surface area contributed by atoms with Crippen molar-refractivity contribution < 1.29 is 38.2 Å². The summed E-state index contributed by atoms with van der Waals surface area (Å²) in [5, 5.41) is 9.64. The molecule has 8 nitrogen and oxygen atoms in total. The Balaban J connectivity index is 4.36. The number of carboxylic acids is 1. The van der Waals surface area contributed by atoms with Gasteiger partial charge in [0, 0.05) is 19.3 Å². The van der Waals surface area contributed by atoms with Gasteiger partial charge in [-0.3, -0.25) is 9.59 Å². The molecule has 0 aromatic carbocycles. The fraction of sp³-hybridized carbons (Fsp3) is 0.717. The van der Waals surface area contributed by atoms with Crippen LogP contribution in [0.25, 0.3) is 0 Å². The lowest BCUT2D eigenvalue weighted by Gasteiger charge is -2.31. The molecular formula is C53H92NO7+. The van der Waals surface area contributed by atoms with Gasteiger partial charge in [0.05, 0.1) is 34.4 Å². The summed E-state index contributed by atoms with van der Waals surface area (Å²) in [5.41, 5.74) is 0. The van der Waals surface area contributed by atoms with Crippen LogP contribution in [0.1, 0.15) is 194 Å². The number of aliphatic carboxylic acids is 1. The number of carbonyl (C=O) groups is 3. The Bertz CT molecular complexity index is 1230. The molecule has 0 saturated heterocycles. The molecule has 0 aromatic heterocycles. The monoisotopic (exact) mass is 855 g/mol. The van der Waals surface area contributed by atoms with Crippen molar-refractivity contribution in [2.24, 2.45) is 0 Å². The van der Waals surface area contributed by atoms with Crippen molar-refractivity contribution >= 4 is 17.9 Å². The Morgan fingerprint density at radius 2 is 0.918 bits per heavy atom. The van der Waals surface area contributed by atoms with Gasteiger partial charge in [0.15, 0.2) is 12.1 Å². The average Bonchev–Trinajstić information content (AvgIpc) is 3.22. The van der Waals surface area contributed by atoms with Gasteiger partial charge in [0.25, 0.3) is 0 Å². The second-order valence-corrected chi connectivity index (χ2v) is 17.3. The minimum Gasteiger partial charge on any atom is -0.477 e. The maximum atomic E-state index is 12.8. The van der Waals surface area contributed by atoms with Crippen LogP contribution in [0.15, 0.2) is 72.9 Å². The third-order valence-electron chi connectivity index (χ3n) is 10.6. The number of ether oxygens (including phenoxy) is 3. The van der Waals surface area contributed by atoms with Crippen molar-refractivity contribution in [1.29, 1.82) is 0 Å². The molecule has 0 heterocycles. The van der Waals surface area contributed by atoms with E-state index < -0.39 is 18.1 Å². The van der Waals surface area contributed by atoms with Crippen LogP contribution in [-0.2, 0) is 28.6 Å². The van der Waals surface area contributed by atoms with Gasteiger partial charge >= 0.3 is 17.9 Å². The van der Waals surface area contributed by atoms with Crippen LogP contribution in [0.3, 0.4) is 0 Å². The van der Waals surface area contributed by atoms with Gasteiger partial charge in [0.1, 0.15) is 6.61 Å². The van der Waals surface area contributed by atoms with Crippen LogP contribution in [0.4, 0.5) is 0 Å². The zero-order chi connectivity index (χ0) is 44.9. The van der Waals surface area contributed by atoms with E-state index in [9.17, 15) is 19.5 Å². The van der Waals surface area contributed by atoms with Crippen LogP contribution in [0.2, 0.25) is 0 Å². The number of rotatable bonds is 43. The molecule has 0 saturated carbocycles. The van der Waals surface area contributed by atoms with Crippen molar-refractivity contribution in [2.75, 3.05) is 41.0 Å². The molecule has 0 aliphatic rings. The number of carboxylic acid groups (broad SMARTS) is 1. The van der Waals surface area contributed by atoms with E-state index in [1.807, 2.05) is 21.1 Å². The highest BCUT2D eigenvalue weighted by molar-refractivity contribution is 5.72. The lowest BCUT2D eigenvalue weighted by molar-refractivity contribution is -0.887. The second kappa shape index (κ2) is 43.4. The molecule has 350 valence electrons. The summed E-state index contributed by atoms with van der Waals surface area (Å²) in [7, 11) is 5.52. The molecule has 0 aliphatic heterocycles. The third kappa shape index (κ3) is 41.9. The molecule has 0 radical (unpaired) electrons. The maximum Gasteiger partial charge on any atom is 0.362 e. The van der Waals surface area contributed by atoms with Crippen LogP contribution < -0.4 is 0 Å². The van der Waals surface area contributed by atoms with Crippen LogP contribution in [0.5, 0.6) is 0 Å². The number of hydrogen-bond donors (Lipinski definition) is 1. The highest BCUT2D eigenvalue weighted by atomic mass is 16.6. The topological polar surface area (TPSA) is 99.1 Å². The summed E-state index contributed by atoms with van der Waals surface area (Å²) in [6, 6.07) is -0.623. The van der Waals surface area contributed by atoms with E-state index in [1.165, 1.54) is 77.0 Å². The zero-order valence-electron chi connectivity index (χ0n) is 39.8. The first-order valence-electron chi connectivity index (χ1n) is 24.5. The smallest absolute Gasteiger partial charge is 0.362 e. The number of quaternary nitrogens is 1. The van der Waals surface area contributed by atoms with Gasteiger partial charge < -0.3 is 23.8 Å². The number of unbranched alkanes of at least 4 members (excludes halogenated alkanes) is 17. The average molecular weight is 855 g/mol. The quantitative estimate of drug-likeness (QED) is 0.0282. The zero-order valence-corrected chi connectivity index (χ0v) is 39.8. The molecule has 61 heavy (non-hydrogen) atoms. The summed E-state index contributed by atoms with van der Waals surface area (Å²) in [5.74, 6) is -1.51. The van der Waals surface area contributed by atoms with Gasteiger partial charge in [-0.1, -0.05) is 183 Å². The Morgan fingerprint density at radius 1 is 0.508 bits per heavy atom. The molecule has 0 spiro atoms. The maximum absolute atomic E-state index is 12.8. The van der Waals surface area contributed by atoms with Crippen molar-refractivity contribution in [2.45, 2.75) is 206 Å². The molecule has 2 atom stereocenters. The lowest BCUT2D eigenvalue weighted by atomic mass is 10.0. The molecular weight excluding hydrogens is 763 g/mol. The van der Waals surface area contributed by atoms with Crippen molar-refractivity contribution in [3.63, 3.8) is 0 Å². The number of allylic oxidation sites excluding steroid dienone is 12. The first kappa shape index (κ1) is 57.8. The van der Waals surface area contributed by atoms with Gasteiger partial charge in [-0.2, -0.15) is 0 Å². The SMILES string of the molecule is CC/C=C/C/C=C/C/C=C/C/C=C/C/C=C/C/C=C/CCCCCC(=O)OC(COCCC(C(=O)O)[N+](C)(C)C)COC(=O)CCCCCCCCCCCCCCCCC. The first-order chi connectivity index (χ1) is 29.6. The summed E-state index contributed by atoms with van der Waals surface area (Å²) < 4.78 is 17.3. The summed E-state index contributed by atoms with van der Waals surface area (Å²) in [4.78, 5) is 37.1. The van der Waals surface area contributed by atoms with Gasteiger partial charge in [-0.05, 0) is 64.2 Å². The van der Waals surface area contributed by atoms with E-state index in [0.29, 0.717) is 12.8 Å². The van der Waals surface area contributed by atoms with Gasteiger partial charge in [-0.15, -0.1) is 0 Å². The van der Waals surface area contributed by atoms with Gasteiger partial charge in [-0.25, -0.2) is 4.79 Å². The lowest BCUT2D eigenvalue weighted by Crippen LogP contribution is -2.50. The fourth-order valence-electron chi connectivity index (χ4n) is 6.86. The molecule has 0 amide bonds. The van der Waals surface area contributed by atoms with E-state index in [1.54, 1.807) is 0 Å². The second-order valence-electron chi connectivity index (χ2n) is 17.3. The van der Waals surface area contributed by atoms with Crippen LogP contribution in [0, 0.1) is 0 Å². The minimum absolute atomic E-state index is 0.0458. The number of esters is 2. The highest BCUT2D eigenvalue weighted by Crippen LogP contribution is 2.15. The predicted molar refractivity (Wildman–Crippen MR) is 257 cm³/mol. The van der Waals surface area contributed by atoms with E-state index in [2.05, 4.69) is 86.8 Å². The number of carbonyl (C=O) groups excluding carboxylic acids is 2. The highest BCUT2D eigenvalue weighted by Gasteiger charge is 2.31. The molecule has 2 unspecified atom stereocenters. The molecule has 0 aliphatic carbocycles. The Labute approximate surface area is 374 Å². The minimum atomic E-state index is -0.882. The normalized spacial score (nSPS) is 13.5. The number of likely N-dealkylation sites (N-methyl/N-ethyl adjacent to an activating group) is 1. The van der Waals surface area contributed by atoms with Crippen LogP contribution >= 0.6 is 0 Å². The first-order valence-corrected chi connectivity index (χ1v) is 24.5. The van der Waals surface area contributed by atoms with Crippen molar-refractivity contribution in [3.05, 3.63) is 72.9 Å². The third-order valence-corrected chi connectivity index (χ3v) is 10.6. The molecule has 0 fully saturated rings. The summed E-state index contributed by atoms with van der Waals surface area (Å²) in [6.07, 6.45) is 55.2. The van der Waals surface area contributed by atoms with Gasteiger partial charge in [0.2, 0.25) is 0 Å². The Morgan fingerprint density at radius 3 is 1.36 bits per heavy atom. The van der Waals surface area contributed by atoms with Crippen molar-refractivity contribution in [3.8, 4) is 0 Å². The predicted octanol–water partition coefficient (Wildman–Crippen LogP) is 13.9. The molecule has 8 heteroatoms. The largest absolute Gasteiger partial charge is 0.477 e. The van der Waals surface area contributed by atoms with E-state index in [4.69, 9.17) is 14.2 Å².